The van der Waals surface area contributed by atoms with Crippen LogP contribution in [0.4, 0.5) is 5.95 Å². The van der Waals surface area contributed by atoms with E-state index in [2.05, 4.69) is 10.3 Å². The number of imidazole rings is 1. The average molecular weight is 313 g/mol. The third kappa shape index (κ3) is 3.41. The fourth-order valence-corrected chi connectivity index (χ4v) is 3.06. The van der Waals surface area contributed by atoms with Crippen molar-refractivity contribution in [2.45, 2.75) is 25.7 Å². The van der Waals surface area contributed by atoms with Crippen LogP contribution < -0.4 is 5.32 Å². The van der Waals surface area contributed by atoms with Crippen molar-refractivity contribution in [3.05, 3.63) is 42.7 Å². The molecule has 2 atom stereocenters. The fraction of sp³-hybridized carbons (Fsp3) is 0.353. The van der Waals surface area contributed by atoms with Crippen molar-refractivity contribution in [3.63, 3.8) is 0 Å². The number of nitrogens with zero attached hydrogens (tertiary/aromatic N) is 2. The summed E-state index contributed by atoms with van der Waals surface area (Å²) in [5.74, 6) is -1.20. The van der Waals surface area contributed by atoms with E-state index in [9.17, 15) is 9.59 Å². The molecule has 23 heavy (non-hydrogen) atoms. The van der Waals surface area contributed by atoms with E-state index in [1.54, 1.807) is 17.0 Å². The highest BCUT2D eigenvalue weighted by Crippen LogP contribution is 2.30. The number of nitrogens with one attached hydrogen (secondary N) is 1. The van der Waals surface area contributed by atoms with Crippen molar-refractivity contribution in [1.29, 1.82) is 0 Å². The van der Waals surface area contributed by atoms with Gasteiger partial charge in [0.2, 0.25) is 11.9 Å². The minimum absolute atomic E-state index is 0.153. The van der Waals surface area contributed by atoms with Crippen LogP contribution in [0, 0.1) is 11.8 Å². The molecule has 1 aromatic carbocycles. The van der Waals surface area contributed by atoms with Crippen LogP contribution in [0.1, 0.15) is 25.7 Å². The summed E-state index contributed by atoms with van der Waals surface area (Å²) in [6.45, 7) is 0. The van der Waals surface area contributed by atoms with E-state index in [0.29, 0.717) is 18.8 Å². The normalized spacial score (nSPS) is 20.9. The maximum Gasteiger partial charge on any atom is 0.306 e. The van der Waals surface area contributed by atoms with Crippen LogP contribution in [0.2, 0.25) is 0 Å². The molecule has 1 fully saturated rings. The van der Waals surface area contributed by atoms with E-state index < -0.39 is 11.9 Å². The molecule has 1 amide bonds. The Morgan fingerprint density at radius 1 is 1.17 bits per heavy atom. The van der Waals surface area contributed by atoms with Crippen LogP contribution in [0.5, 0.6) is 0 Å². The van der Waals surface area contributed by atoms with Crippen LogP contribution in [-0.2, 0) is 9.59 Å². The van der Waals surface area contributed by atoms with Gasteiger partial charge in [0.1, 0.15) is 0 Å². The molecule has 1 aromatic heterocycles. The second-order valence-electron chi connectivity index (χ2n) is 5.84. The van der Waals surface area contributed by atoms with Gasteiger partial charge in [-0.25, -0.2) is 4.98 Å². The molecule has 6 nitrogen and oxygen atoms in total. The molecule has 1 heterocycles. The van der Waals surface area contributed by atoms with E-state index in [0.717, 1.165) is 18.5 Å². The lowest BCUT2D eigenvalue weighted by molar-refractivity contribution is -0.143. The Bertz CT molecular complexity index is 696. The number of rotatable bonds is 4. The van der Waals surface area contributed by atoms with Crippen molar-refractivity contribution in [1.82, 2.24) is 9.55 Å². The van der Waals surface area contributed by atoms with Crippen LogP contribution in [0.15, 0.2) is 42.7 Å². The Kier molecular flexibility index (Phi) is 4.41. The number of benzene rings is 1. The number of aliphatic carboxylic acids is 1. The standard InChI is InChI=1S/C17H19N3O3/c21-15(12-5-4-6-13(11-12)16(22)23)19-17-18-9-10-20(17)14-7-2-1-3-8-14/h1-3,7-10,12-13H,4-6,11H2,(H,22,23)(H,18,19,21)/t12-,13+/m0/s1. The highest BCUT2D eigenvalue weighted by molar-refractivity contribution is 5.91. The van der Waals surface area contributed by atoms with Crippen molar-refractivity contribution in [2.24, 2.45) is 11.8 Å². The number of hydrogen-bond acceptors (Lipinski definition) is 3. The lowest BCUT2D eigenvalue weighted by Gasteiger charge is -2.25. The Morgan fingerprint density at radius 3 is 2.65 bits per heavy atom. The average Bonchev–Trinajstić information content (AvgIpc) is 3.04. The molecule has 3 rings (SSSR count). The summed E-state index contributed by atoms with van der Waals surface area (Å²) in [7, 11) is 0. The largest absolute Gasteiger partial charge is 0.481 e. The number of amides is 1. The Hall–Kier alpha value is -2.63. The highest BCUT2D eigenvalue weighted by Gasteiger charge is 2.31. The van der Waals surface area contributed by atoms with Crippen molar-refractivity contribution >= 4 is 17.8 Å². The molecule has 0 bridgehead atoms. The number of hydrogen-bond donors (Lipinski definition) is 2. The van der Waals surface area contributed by atoms with Gasteiger partial charge in [-0.3, -0.25) is 19.5 Å². The summed E-state index contributed by atoms with van der Waals surface area (Å²) in [4.78, 5) is 27.8. The summed E-state index contributed by atoms with van der Waals surface area (Å²) in [6.07, 6.45) is 5.95. The number of para-hydroxylation sites is 1. The number of anilines is 1. The van der Waals surface area contributed by atoms with Gasteiger partial charge >= 0.3 is 5.97 Å². The number of carbonyl (C=O) groups excluding carboxylic acids is 1. The molecular formula is C17H19N3O3. The third-order valence-electron chi connectivity index (χ3n) is 4.30. The minimum Gasteiger partial charge on any atom is -0.481 e. The lowest BCUT2D eigenvalue weighted by atomic mass is 9.81. The van der Waals surface area contributed by atoms with E-state index in [1.165, 1.54) is 0 Å². The van der Waals surface area contributed by atoms with Gasteiger partial charge in [-0.15, -0.1) is 0 Å². The van der Waals surface area contributed by atoms with Crippen LogP contribution in [0.25, 0.3) is 5.69 Å². The minimum atomic E-state index is -0.812. The maximum atomic E-state index is 12.5. The molecule has 2 aromatic rings. The predicted molar refractivity (Wildman–Crippen MR) is 85.3 cm³/mol. The summed E-state index contributed by atoms with van der Waals surface area (Å²) in [5.41, 5.74) is 0.910. The predicted octanol–water partition coefficient (Wildman–Crippen LogP) is 2.70. The van der Waals surface area contributed by atoms with E-state index in [1.807, 2.05) is 30.3 Å². The molecule has 0 aliphatic heterocycles. The molecule has 1 saturated carbocycles. The van der Waals surface area contributed by atoms with Gasteiger partial charge < -0.3 is 5.11 Å². The molecule has 6 heteroatoms. The first-order valence-electron chi connectivity index (χ1n) is 7.77. The summed E-state index contributed by atoms with van der Waals surface area (Å²) in [6, 6.07) is 9.61. The van der Waals surface area contributed by atoms with Crippen LogP contribution >= 0.6 is 0 Å². The highest BCUT2D eigenvalue weighted by atomic mass is 16.4. The monoisotopic (exact) mass is 313 g/mol. The second kappa shape index (κ2) is 6.64. The Balaban J connectivity index is 1.72. The van der Waals surface area contributed by atoms with Crippen molar-refractivity contribution in [2.75, 3.05) is 5.32 Å². The van der Waals surface area contributed by atoms with E-state index in [-0.39, 0.29) is 11.8 Å². The number of carbonyl (C=O) groups is 2. The molecule has 1 aliphatic carbocycles. The second-order valence-corrected chi connectivity index (χ2v) is 5.84. The zero-order valence-corrected chi connectivity index (χ0v) is 12.7. The van der Waals surface area contributed by atoms with Gasteiger partial charge in [0, 0.05) is 24.0 Å². The van der Waals surface area contributed by atoms with Gasteiger partial charge in [0.05, 0.1) is 5.92 Å². The van der Waals surface area contributed by atoms with Gasteiger partial charge in [-0.2, -0.15) is 0 Å². The van der Waals surface area contributed by atoms with Gasteiger partial charge in [0.25, 0.3) is 0 Å². The van der Waals surface area contributed by atoms with Gasteiger partial charge in [-0.05, 0) is 31.4 Å². The molecule has 0 saturated heterocycles. The number of carboxylic acid groups (broad SMARTS) is 1. The van der Waals surface area contributed by atoms with Crippen molar-refractivity contribution < 1.29 is 14.7 Å². The topological polar surface area (TPSA) is 84.2 Å². The van der Waals surface area contributed by atoms with E-state index in [4.69, 9.17) is 5.11 Å². The zero-order chi connectivity index (χ0) is 16.2. The Labute approximate surface area is 134 Å². The Morgan fingerprint density at radius 2 is 1.91 bits per heavy atom. The van der Waals surface area contributed by atoms with Crippen LogP contribution in [0.3, 0.4) is 0 Å². The summed E-state index contributed by atoms with van der Waals surface area (Å²) < 4.78 is 1.80. The molecule has 1 aliphatic rings. The SMILES string of the molecule is O=C(O)[C@@H]1CCC[C@H](C(=O)Nc2nccn2-c2ccccc2)C1. The quantitative estimate of drug-likeness (QED) is 0.909. The number of carboxylic acids is 1. The fourth-order valence-electron chi connectivity index (χ4n) is 3.06. The molecule has 2 N–H and O–H groups in total. The molecule has 0 spiro atoms. The molecule has 0 radical (unpaired) electrons. The summed E-state index contributed by atoms with van der Waals surface area (Å²) in [5, 5.41) is 12.0. The van der Waals surface area contributed by atoms with Crippen LogP contribution in [-0.4, -0.2) is 26.5 Å². The maximum absolute atomic E-state index is 12.5. The van der Waals surface area contributed by atoms with Gasteiger partial charge in [-0.1, -0.05) is 24.6 Å². The zero-order valence-electron chi connectivity index (χ0n) is 12.7. The first-order valence-corrected chi connectivity index (χ1v) is 7.77. The third-order valence-corrected chi connectivity index (χ3v) is 4.30. The smallest absolute Gasteiger partial charge is 0.306 e. The summed E-state index contributed by atoms with van der Waals surface area (Å²) >= 11 is 0. The number of aromatic nitrogens is 2. The first-order chi connectivity index (χ1) is 11.1. The first kappa shape index (κ1) is 15.3. The molecule has 120 valence electrons. The van der Waals surface area contributed by atoms with E-state index >= 15 is 0 Å². The van der Waals surface area contributed by atoms with Gasteiger partial charge in [0.15, 0.2) is 0 Å². The van der Waals surface area contributed by atoms with Crippen molar-refractivity contribution in [3.8, 4) is 5.69 Å². The molecule has 0 unspecified atom stereocenters. The lowest BCUT2D eigenvalue weighted by Crippen LogP contribution is -2.31. The molecular weight excluding hydrogens is 294 g/mol.